The molecule has 7 nitrogen and oxygen atoms in total. The molecule has 0 spiro atoms. The fraction of sp³-hybridized carbons (Fsp3) is 0.357. The number of rotatable bonds is 8. The average Bonchev–Trinajstić information content (AvgIpc) is 3.60. The number of nitrogens with zero attached hydrogens (tertiary/aromatic N) is 3. The third kappa shape index (κ3) is 5.25. The quantitative estimate of drug-likeness (QED) is 0.226. The molecular weight excluding hydrogens is 542 g/mol. The van der Waals surface area contributed by atoms with Gasteiger partial charge in [-0.2, -0.15) is 4.31 Å². The summed E-state index contributed by atoms with van der Waals surface area (Å²) in [7, 11) is -3.66. The molecule has 4 aromatic rings. The first kappa shape index (κ1) is 26.9. The predicted octanol–water partition coefficient (Wildman–Crippen LogP) is 7.04. The third-order valence-electron chi connectivity index (χ3n) is 7.11. The van der Waals surface area contributed by atoms with Crippen LogP contribution in [0.5, 0.6) is 0 Å². The number of aryl methyl sites for hydroxylation is 1. The third-order valence-corrected chi connectivity index (χ3v) is 10.6. The highest BCUT2D eigenvalue weighted by molar-refractivity contribution is 7.89. The van der Waals surface area contributed by atoms with E-state index in [1.54, 1.807) is 39.7 Å². The van der Waals surface area contributed by atoms with Crippen molar-refractivity contribution in [1.82, 2.24) is 9.29 Å². The fourth-order valence-corrected chi connectivity index (χ4v) is 7.91. The number of anilines is 1. The maximum absolute atomic E-state index is 13.8. The molecule has 2 heterocycles. The Balaban J connectivity index is 1.46. The Bertz CT molecular complexity index is 1530. The molecule has 2 aromatic heterocycles. The zero-order valence-corrected chi connectivity index (χ0v) is 23.8. The smallest absolute Gasteiger partial charge is 0.260 e. The van der Waals surface area contributed by atoms with Crippen LogP contribution in [0.15, 0.2) is 64.1 Å². The van der Waals surface area contributed by atoms with E-state index in [0.29, 0.717) is 28.0 Å². The van der Waals surface area contributed by atoms with Gasteiger partial charge in [-0.05, 0) is 73.9 Å². The van der Waals surface area contributed by atoms with Gasteiger partial charge in [-0.1, -0.05) is 49.1 Å². The number of furan rings is 1. The summed E-state index contributed by atoms with van der Waals surface area (Å²) < 4.78 is 35.0. The lowest BCUT2D eigenvalue weighted by atomic mass is 9.95. The van der Waals surface area contributed by atoms with Crippen LogP contribution in [0.25, 0.3) is 10.2 Å². The molecule has 1 aliphatic carbocycles. The Morgan fingerprint density at radius 3 is 2.50 bits per heavy atom. The lowest BCUT2D eigenvalue weighted by molar-refractivity contribution is 0.0983. The van der Waals surface area contributed by atoms with Crippen molar-refractivity contribution < 1.29 is 17.6 Å². The van der Waals surface area contributed by atoms with Crippen LogP contribution in [0.2, 0.25) is 5.02 Å². The summed E-state index contributed by atoms with van der Waals surface area (Å²) in [6, 6.07) is 13.5. The van der Waals surface area contributed by atoms with Gasteiger partial charge in [0, 0.05) is 23.2 Å². The van der Waals surface area contributed by atoms with Gasteiger partial charge < -0.3 is 4.42 Å². The molecule has 200 valence electrons. The highest BCUT2D eigenvalue weighted by atomic mass is 35.5. The lowest BCUT2D eigenvalue weighted by Crippen LogP contribution is -2.41. The number of carbonyl (C=O) groups excluding carboxylic acids is 1. The summed E-state index contributed by atoms with van der Waals surface area (Å²) in [4.78, 5) is 20.3. The van der Waals surface area contributed by atoms with E-state index in [9.17, 15) is 13.2 Å². The van der Waals surface area contributed by atoms with E-state index in [2.05, 4.69) is 0 Å². The van der Waals surface area contributed by atoms with Gasteiger partial charge in [0.1, 0.15) is 5.76 Å². The number of fused-ring (bicyclic) bond motifs is 1. The minimum atomic E-state index is -3.66. The number of benzene rings is 2. The van der Waals surface area contributed by atoms with Crippen molar-refractivity contribution in [2.45, 2.75) is 63.4 Å². The summed E-state index contributed by atoms with van der Waals surface area (Å²) >= 11 is 7.69. The number of halogens is 1. The van der Waals surface area contributed by atoms with Crippen LogP contribution in [0.3, 0.4) is 0 Å². The van der Waals surface area contributed by atoms with Gasteiger partial charge in [0.25, 0.3) is 5.91 Å². The summed E-state index contributed by atoms with van der Waals surface area (Å²) in [5.41, 5.74) is 1.97. The molecule has 1 amide bonds. The standard InChI is InChI=1S/C28H30ClN3O4S2/c1-3-32(21-8-5-4-6-9-21)38(34,35)23-13-11-20(12-14-23)27(33)31(18-22-10-7-17-36-22)28-30-26-19(2)24(29)15-16-25(26)37-28/h7,10-17,21H,3-6,8-9,18H2,1-2H3. The van der Waals surface area contributed by atoms with Crippen LogP contribution in [-0.4, -0.2) is 36.2 Å². The molecular formula is C28H30ClN3O4S2. The number of hydrogen-bond donors (Lipinski definition) is 0. The molecule has 10 heteroatoms. The molecule has 0 bridgehead atoms. The predicted molar refractivity (Wildman–Crippen MR) is 151 cm³/mol. The number of sulfonamides is 1. The molecule has 1 fully saturated rings. The Morgan fingerprint density at radius 1 is 1.11 bits per heavy atom. The van der Waals surface area contributed by atoms with Gasteiger partial charge in [-0.15, -0.1) is 0 Å². The second kappa shape index (κ2) is 11.2. The van der Waals surface area contributed by atoms with Crippen molar-refractivity contribution in [3.05, 3.63) is 76.7 Å². The van der Waals surface area contributed by atoms with E-state index in [4.69, 9.17) is 21.0 Å². The normalized spacial score (nSPS) is 14.8. The Morgan fingerprint density at radius 2 is 1.84 bits per heavy atom. The second-order valence-electron chi connectivity index (χ2n) is 9.51. The zero-order valence-electron chi connectivity index (χ0n) is 21.4. The molecule has 5 rings (SSSR count). The highest BCUT2D eigenvalue weighted by Gasteiger charge is 2.31. The first-order chi connectivity index (χ1) is 18.3. The molecule has 0 N–H and O–H groups in total. The van der Waals surface area contributed by atoms with Gasteiger partial charge in [0.2, 0.25) is 10.0 Å². The number of amides is 1. The van der Waals surface area contributed by atoms with Crippen molar-refractivity contribution in [2.24, 2.45) is 0 Å². The van der Waals surface area contributed by atoms with Crippen molar-refractivity contribution >= 4 is 54.2 Å². The lowest BCUT2D eigenvalue weighted by Gasteiger charge is -2.32. The molecule has 1 saturated carbocycles. The zero-order chi connectivity index (χ0) is 26.9. The first-order valence-corrected chi connectivity index (χ1v) is 15.4. The number of hydrogen-bond acceptors (Lipinski definition) is 6. The summed E-state index contributed by atoms with van der Waals surface area (Å²) in [5, 5.41) is 1.13. The number of aromatic nitrogens is 1. The highest BCUT2D eigenvalue weighted by Crippen LogP contribution is 2.35. The molecule has 0 saturated heterocycles. The van der Waals surface area contributed by atoms with Crippen LogP contribution in [0.4, 0.5) is 5.13 Å². The Labute approximate surface area is 232 Å². The van der Waals surface area contributed by atoms with Crippen molar-refractivity contribution in [2.75, 3.05) is 11.4 Å². The van der Waals surface area contributed by atoms with E-state index in [0.717, 1.165) is 47.9 Å². The van der Waals surface area contributed by atoms with Gasteiger partial charge >= 0.3 is 0 Å². The van der Waals surface area contributed by atoms with Gasteiger partial charge in [-0.25, -0.2) is 13.4 Å². The first-order valence-electron chi connectivity index (χ1n) is 12.8. The van der Waals surface area contributed by atoms with Gasteiger partial charge in [-0.3, -0.25) is 9.69 Å². The van der Waals surface area contributed by atoms with E-state index < -0.39 is 10.0 Å². The van der Waals surface area contributed by atoms with Crippen LogP contribution in [0, 0.1) is 6.92 Å². The molecule has 1 aliphatic rings. The van der Waals surface area contributed by atoms with Crippen LogP contribution in [0.1, 0.15) is 60.7 Å². The molecule has 0 radical (unpaired) electrons. The molecule has 0 atom stereocenters. The largest absolute Gasteiger partial charge is 0.467 e. The fourth-order valence-electron chi connectivity index (χ4n) is 5.04. The molecule has 0 aliphatic heterocycles. The summed E-state index contributed by atoms with van der Waals surface area (Å²) in [6.07, 6.45) is 6.59. The van der Waals surface area contributed by atoms with Crippen molar-refractivity contribution in [3.8, 4) is 0 Å². The Kier molecular flexibility index (Phi) is 7.90. The van der Waals surface area contributed by atoms with E-state index in [1.807, 2.05) is 26.0 Å². The topological polar surface area (TPSA) is 83.7 Å². The minimum absolute atomic E-state index is 0.0276. The van der Waals surface area contributed by atoms with E-state index in [-0.39, 0.29) is 23.4 Å². The van der Waals surface area contributed by atoms with E-state index in [1.165, 1.54) is 23.5 Å². The summed E-state index contributed by atoms with van der Waals surface area (Å²) in [5.74, 6) is 0.311. The van der Waals surface area contributed by atoms with Crippen molar-refractivity contribution in [3.63, 3.8) is 0 Å². The second-order valence-corrected chi connectivity index (χ2v) is 12.8. The van der Waals surface area contributed by atoms with Crippen LogP contribution in [-0.2, 0) is 16.6 Å². The average molecular weight is 572 g/mol. The van der Waals surface area contributed by atoms with Crippen LogP contribution >= 0.6 is 22.9 Å². The number of thiazole rings is 1. The SMILES string of the molecule is CCN(C1CCCCC1)S(=O)(=O)c1ccc(C(=O)N(Cc2ccco2)c2nc3c(C)c(Cl)ccc3s2)cc1. The molecule has 38 heavy (non-hydrogen) atoms. The van der Waals surface area contributed by atoms with Gasteiger partial charge in [0.15, 0.2) is 5.13 Å². The minimum Gasteiger partial charge on any atom is -0.467 e. The van der Waals surface area contributed by atoms with Crippen LogP contribution < -0.4 is 4.90 Å². The van der Waals surface area contributed by atoms with Gasteiger partial charge in [0.05, 0.1) is 27.9 Å². The molecule has 0 unspecified atom stereocenters. The molecule has 2 aromatic carbocycles. The summed E-state index contributed by atoms with van der Waals surface area (Å²) in [6.45, 7) is 4.39. The monoisotopic (exact) mass is 571 g/mol. The maximum atomic E-state index is 13.8. The Hall–Kier alpha value is -2.72. The van der Waals surface area contributed by atoms with Crippen molar-refractivity contribution in [1.29, 1.82) is 0 Å². The van der Waals surface area contributed by atoms with E-state index >= 15 is 0 Å². The number of carbonyl (C=O) groups is 1. The maximum Gasteiger partial charge on any atom is 0.260 e.